The number of methoxy groups -OCH3 is 1. The van der Waals surface area contributed by atoms with E-state index in [1.54, 1.807) is 48.0 Å². The fourth-order valence-electron chi connectivity index (χ4n) is 3.29. The fraction of sp³-hybridized carbons (Fsp3) is 0.200. The van der Waals surface area contributed by atoms with Crippen LogP contribution in [0.25, 0.3) is 21.1 Å². The molecule has 0 fully saturated rings. The zero-order valence-corrected chi connectivity index (χ0v) is 17.9. The average Bonchev–Trinajstić information content (AvgIpc) is 3.31. The SMILES string of the molecule is COC(=O)CCCc1cc2cc(Cl)ccc2n1S(=O)(=O)c1ccc2ncsc2c1. The first-order chi connectivity index (χ1) is 13.9. The summed E-state index contributed by atoms with van der Waals surface area (Å²) in [6.45, 7) is 0. The quantitative estimate of drug-likeness (QED) is 0.401. The van der Waals surface area contributed by atoms with Crippen molar-refractivity contribution in [1.29, 1.82) is 0 Å². The molecule has 0 bridgehead atoms. The van der Waals surface area contributed by atoms with Gasteiger partial charge < -0.3 is 4.74 Å². The summed E-state index contributed by atoms with van der Waals surface area (Å²) in [6.07, 6.45) is 1.09. The Morgan fingerprint density at radius 1 is 1.21 bits per heavy atom. The van der Waals surface area contributed by atoms with Crippen molar-refractivity contribution >= 4 is 60.0 Å². The molecule has 0 unspecified atom stereocenters. The van der Waals surface area contributed by atoms with Crippen molar-refractivity contribution in [3.63, 3.8) is 0 Å². The van der Waals surface area contributed by atoms with Gasteiger partial charge in [0.25, 0.3) is 10.0 Å². The van der Waals surface area contributed by atoms with E-state index in [1.165, 1.54) is 22.4 Å². The zero-order valence-electron chi connectivity index (χ0n) is 15.5. The zero-order chi connectivity index (χ0) is 20.6. The number of carbonyl (C=O) groups is 1. The van der Waals surface area contributed by atoms with Gasteiger partial charge in [0.05, 0.1) is 33.2 Å². The molecule has 150 valence electrons. The highest BCUT2D eigenvalue weighted by molar-refractivity contribution is 7.90. The number of esters is 1. The molecule has 6 nitrogen and oxygen atoms in total. The van der Waals surface area contributed by atoms with Gasteiger partial charge in [-0.05, 0) is 55.3 Å². The summed E-state index contributed by atoms with van der Waals surface area (Å²) in [6, 6.07) is 11.8. The Hall–Kier alpha value is -2.42. The third-order valence-electron chi connectivity index (χ3n) is 4.67. The molecule has 2 heterocycles. The van der Waals surface area contributed by atoms with Crippen molar-refractivity contribution in [2.75, 3.05) is 7.11 Å². The molecule has 0 radical (unpaired) electrons. The van der Waals surface area contributed by atoms with Gasteiger partial charge in [-0.3, -0.25) is 4.79 Å². The number of fused-ring (bicyclic) bond motifs is 2. The van der Waals surface area contributed by atoms with Crippen LogP contribution in [0.3, 0.4) is 0 Å². The first kappa shape index (κ1) is 19.9. The standard InChI is InChI=1S/C20H17ClN2O4S2/c1-27-20(24)4-2-3-15-10-13-9-14(21)5-8-18(13)23(15)29(25,26)16-6-7-17-19(11-16)28-12-22-17/h5-12H,2-4H2,1H3. The van der Waals surface area contributed by atoms with Gasteiger partial charge in [-0.2, -0.15) is 0 Å². The molecule has 0 N–H and O–H groups in total. The van der Waals surface area contributed by atoms with E-state index in [0.29, 0.717) is 29.1 Å². The molecule has 0 atom stereocenters. The van der Waals surface area contributed by atoms with E-state index in [-0.39, 0.29) is 17.3 Å². The number of nitrogens with zero attached hydrogens (tertiary/aromatic N) is 2. The minimum absolute atomic E-state index is 0.191. The van der Waals surface area contributed by atoms with Crippen LogP contribution >= 0.6 is 22.9 Å². The molecule has 29 heavy (non-hydrogen) atoms. The molecule has 0 spiro atoms. The maximum atomic E-state index is 13.6. The maximum absolute atomic E-state index is 13.6. The highest BCUT2D eigenvalue weighted by atomic mass is 35.5. The van der Waals surface area contributed by atoms with Crippen molar-refractivity contribution in [2.45, 2.75) is 24.2 Å². The highest BCUT2D eigenvalue weighted by Crippen LogP contribution is 2.30. The lowest BCUT2D eigenvalue weighted by Gasteiger charge is -2.12. The Morgan fingerprint density at radius 3 is 2.83 bits per heavy atom. The van der Waals surface area contributed by atoms with Gasteiger partial charge in [0, 0.05) is 22.5 Å². The summed E-state index contributed by atoms with van der Waals surface area (Å²) < 4.78 is 33.9. The third-order valence-corrected chi connectivity index (χ3v) is 7.46. The van der Waals surface area contributed by atoms with Crippen molar-refractivity contribution in [1.82, 2.24) is 8.96 Å². The lowest BCUT2D eigenvalue weighted by atomic mass is 10.2. The van der Waals surface area contributed by atoms with E-state index in [4.69, 9.17) is 11.6 Å². The molecule has 9 heteroatoms. The summed E-state index contributed by atoms with van der Waals surface area (Å²) in [7, 11) is -2.52. The Bertz CT molecular complexity index is 1330. The molecule has 4 aromatic rings. The molecular weight excluding hydrogens is 432 g/mol. The van der Waals surface area contributed by atoms with Gasteiger partial charge >= 0.3 is 5.97 Å². The first-order valence-corrected chi connectivity index (χ1v) is 11.6. The van der Waals surface area contributed by atoms with Crippen LogP contribution in [0.2, 0.25) is 5.02 Å². The second-order valence-corrected chi connectivity index (χ2v) is 9.63. The largest absolute Gasteiger partial charge is 0.469 e. The Balaban J connectivity index is 1.83. The molecular formula is C20H17ClN2O4S2. The van der Waals surface area contributed by atoms with E-state index < -0.39 is 10.0 Å². The van der Waals surface area contributed by atoms with Gasteiger partial charge in [0.2, 0.25) is 0 Å². The van der Waals surface area contributed by atoms with Crippen LogP contribution in [0, 0.1) is 0 Å². The summed E-state index contributed by atoms with van der Waals surface area (Å²) in [5, 5.41) is 1.26. The number of ether oxygens (including phenoxy) is 1. The third kappa shape index (κ3) is 3.75. The average molecular weight is 449 g/mol. The minimum Gasteiger partial charge on any atom is -0.469 e. The number of halogens is 1. The molecule has 0 aliphatic carbocycles. The summed E-state index contributed by atoms with van der Waals surface area (Å²) in [5.41, 5.74) is 3.59. The predicted octanol–water partition coefficient (Wildman–Crippen LogP) is 4.64. The minimum atomic E-state index is -3.86. The molecule has 0 aliphatic heterocycles. The van der Waals surface area contributed by atoms with Crippen LogP contribution in [0.5, 0.6) is 0 Å². The number of thiazole rings is 1. The molecule has 0 saturated carbocycles. The van der Waals surface area contributed by atoms with Crippen LogP contribution in [-0.4, -0.2) is 30.5 Å². The molecule has 2 aromatic carbocycles. The molecule has 0 saturated heterocycles. The first-order valence-electron chi connectivity index (χ1n) is 8.85. The number of hydrogen-bond donors (Lipinski definition) is 0. The van der Waals surface area contributed by atoms with Gasteiger partial charge in [-0.25, -0.2) is 17.4 Å². The van der Waals surface area contributed by atoms with Gasteiger partial charge in [-0.1, -0.05) is 11.6 Å². The van der Waals surface area contributed by atoms with Gasteiger partial charge in [0.1, 0.15) is 0 Å². The van der Waals surface area contributed by atoms with E-state index in [9.17, 15) is 13.2 Å². The summed E-state index contributed by atoms with van der Waals surface area (Å²) in [4.78, 5) is 15.8. The summed E-state index contributed by atoms with van der Waals surface area (Å²) in [5.74, 6) is -0.325. The van der Waals surface area contributed by atoms with E-state index >= 15 is 0 Å². The molecule has 2 aromatic heterocycles. The van der Waals surface area contributed by atoms with Gasteiger partial charge in [0.15, 0.2) is 0 Å². The highest BCUT2D eigenvalue weighted by Gasteiger charge is 2.24. The van der Waals surface area contributed by atoms with E-state index in [0.717, 1.165) is 15.6 Å². The topological polar surface area (TPSA) is 78.3 Å². The summed E-state index contributed by atoms with van der Waals surface area (Å²) >= 11 is 7.49. The Morgan fingerprint density at radius 2 is 2.03 bits per heavy atom. The normalized spacial score (nSPS) is 11.9. The van der Waals surface area contributed by atoms with E-state index in [1.807, 2.05) is 0 Å². The van der Waals surface area contributed by atoms with Crippen molar-refractivity contribution in [3.8, 4) is 0 Å². The van der Waals surface area contributed by atoms with Crippen LogP contribution in [0.1, 0.15) is 18.5 Å². The second kappa shape index (κ2) is 7.78. The van der Waals surface area contributed by atoms with Crippen molar-refractivity contribution < 1.29 is 17.9 Å². The Labute approximate surface area is 176 Å². The van der Waals surface area contributed by atoms with Crippen LogP contribution < -0.4 is 0 Å². The Kier molecular flexibility index (Phi) is 5.33. The number of aryl methyl sites for hydroxylation is 1. The van der Waals surface area contributed by atoms with Crippen LogP contribution in [0.15, 0.2) is 52.9 Å². The van der Waals surface area contributed by atoms with Crippen molar-refractivity contribution in [3.05, 3.63) is 58.7 Å². The number of carbonyl (C=O) groups excluding carboxylic acids is 1. The lowest BCUT2D eigenvalue weighted by Crippen LogP contribution is -2.16. The van der Waals surface area contributed by atoms with Crippen LogP contribution in [-0.2, 0) is 26.0 Å². The molecule has 4 rings (SSSR count). The number of aromatic nitrogens is 2. The number of benzene rings is 2. The molecule has 0 amide bonds. The monoisotopic (exact) mass is 448 g/mol. The number of hydrogen-bond acceptors (Lipinski definition) is 6. The van der Waals surface area contributed by atoms with Crippen molar-refractivity contribution in [2.24, 2.45) is 0 Å². The van der Waals surface area contributed by atoms with Gasteiger partial charge in [-0.15, -0.1) is 11.3 Å². The predicted molar refractivity (Wildman–Crippen MR) is 114 cm³/mol. The fourth-order valence-corrected chi connectivity index (χ4v) is 5.86. The smallest absolute Gasteiger partial charge is 0.305 e. The second-order valence-electron chi connectivity index (χ2n) is 6.52. The lowest BCUT2D eigenvalue weighted by molar-refractivity contribution is -0.140. The molecule has 0 aliphatic rings. The van der Waals surface area contributed by atoms with Crippen LogP contribution in [0.4, 0.5) is 0 Å². The number of rotatable bonds is 6. The maximum Gasteiger partial charge on any atom is 0.305 e. The van der Waals surface area contributed by atoms with E-state index in [2.05, 4.69) is 9.72 Å².